The van der Waals surface area contributed by atoms with Gasteiger partial charge >= 0.3 is 0 Å². The number of benzene rings is 1. The number of rotatable bonds is 9. The number of hydrogen-bond acceptors (Lipinski definition) is 3. The molecule has 0 aromatic heterocycles. The molecule has 1 rings (SSSR count). The van der Waals surface area contributed by atoms with Crippen molar-refractivity contribution in [3.63, 3.8) is 0 Å². The maximum Gasteiger partial charge on any atom is 0.0589 e. The SMILES string of the molecule is CCN(CCOC)Cc1ccccc1CNC(C)C. The third kappa shape index (κ3) is 6.19. The Bertz CT molecular complexity index is 352. The fourth-order valence-corrected chi connectivity index (χ4v) is 2.01. The maximum absolute atomic E-state index is 5.17. The Morgan fingerprint density at radius 1 is 1.21 bits per heavy atom. The Morgan fingerprint density at radius 2 is 1.89 bits per heavy atom. The molecule has 1 aromatic rings. The summed E-state index contributed by atoms with van der Waals surface area (Å²) >= 11 is 0. The van der Waals surface area contributed by atoms with Crippen molar-refractivity contribution >= 4 is 0 Å². The predicted octanol–water partition coefficient (Wildman–Crippen LogP) is 2.65. The third-order valence-electron chi connectivity index (χ3n) is 3.27. The molecule has 0 bridgehead atoms. The quantitative estimate of drug-likeness (QED) is 0.742. The minimum Gasteiger partial charge on any atom is -0.383 e. The molecule has 0 atom stereocenters. The number of ether oxygens (including phenoxy) is 1. The number of hydrogen-bond donors (Lipinski definition) is 1. The van der Waals surface area contributed by atoms with Gasteiger partial charge in [-0.1, -0.05) is 45.0 Å². The maximum atomic E-state index is 5.17. The van der Waals surface area contributed by atoms with Crippen LogP contribution in [0.15, 0.2) is 24.3 Å². The molecule has 0 radical (unpaired) electrons. The summed E-state index contributed by atoms with van der Waals surface area (Å²) in [6, 6.07) is 9.20. The highest BCUT2D eigenvalue weighted by Gasteiger charge is 2.07. The van der Waals surface area contributed by atoms with Crippen molar-refractivity contribution in [1.29, 1.82) is 0 Å². The van der Waals surface area contributed by atoms with E-state index in [1.165, 1.54) is 11.1 Å². The van der Waals surface area contributed by atoms with E-state index in [0.29, 0.717) is 6.04 Å². The molecule has 0 saturated heterocycles. The van der Waals surface area contributed by atoms with Gasteiger partial charge in [-0.25, -0.2) is 0 Å². The summed E-state index contributed by atoms with van der Waals surface area (Å²) in [5.74, 6) is 0. The van der Waals surface area contributed by atoms with Gasteiger partial charge in [-0.2, -0.15) is 0 Å². The van der Waals surface area contributed by atoms with Crippen LogP contribution >= 0.6 is 0 Å². The van der Waals surface area contributed by atoms with Crippen LogP contribution in [0.1, 0.15) is 31.9 Å². The zero-order valence-electron chi connectivity index (χ0n) is 12.8. The standard InChI is InChI=1S/C16H28N2O/c1-5-18(10-11-19-4)13-16-9-7-6-8-15(16)12-17-14(2)3/h6-9,14,17H,5,10-13H2,1-4H3. The second-order valence-electron chi connectivity index (χ2n) is 5.17. The molecule has 3 nitrogen and oxygen atoms in total. The third-order valence-corrected chi connectivity index (χ3v) is 3.27. The van der Waals surface area contributed by atoms with Crippen LogP contribution in [0.3, 0.4) is 0 Å². The fraction of sp³-hybridized carbons (Fsp3) is 0.625. The molecule has 0 aliphatic rings. The van der Waals surface area contributed by atoms with Crippen molar-refractivity contribution in [3.05, 3.63) is 35.4 Å². The van der Waals surface area contributed by atoms with Crippen molar-refractivity contribution in [2.45, 2.75) is 39.9 Å². The average molecular weight is 264 g/mol. The van der Waals surface area contributed by atoms with E-state index in [9.17, 15) is 0 Å². The molecular weight excluding hydrogens is 236 g/mol. The molecule has 19 heavy (non-hydrogen) atoms. The summed E-state index contributed by atoms with van der Waals surface area (Å²) < 4.78 is 5.17. The molecule has 1 aromatic carbocycles. The lowest BCUT2D eigenvalue weighted by Gasteiger charge is -2.22. The number of likely N-dealkylation sites (N-methyl/N-ethyl adjacent to an activating group) is 1. The lowest BCUT2D eigenvalue weighted by Crippen LogP contribution is -2.28. The monoisotopic (exact) mass is 264 g/mol. The van der Waals surface area contributed by atoms with Gasteiger partial charge in [-0.3, -0.25) is 4.90 Å². The first kappa shape index (κ1) is 16.2. The molecule has 0 aliphatic heterocycles. The van der Waals surface area contributed by atoms with Gasteiger partial charge in [0, 0.05) is 32.8 Å². The summed E-state index contributed by atoms with van der Waals surface area (Å²) in [5, 5.41) is 3.49. The molecule has 1 N–H and O–H groups in total. The second kappa shape index (κ2) is 9.08. The summed E-state index contributed by atoms with van der Waals surface area (Å²) in [6.07, 6.45) is 0. The van der Waals surface area contributed by atoms with Crippen molar-refractivity contribution < 1.29 is 4.74 Å². The largest absolute Gasteiger partial charge is 0.383 e. The van der Waals surface area contributed by atoms with E-state index in [2.05, 4.69) is 55.3 Å². The predicted molar refractivity (Wildman–Crippen MR) is 81.2 cm³/mol. The second-order valence-corrected chi connectivity index (χ2v) is 5.17. The molecular formula is C16H28N2O. The van der Waals surface area contributed by atoms with Gasteiger partial charge in [-0.05, 0) is 17.7 Å². The highest BCUT2D eigenvalue weighted by Crippen LogP contribution is 2.12. The van der Waals surface area contributed by atoms with Gasteiger partial charge in [0.15, 0.2) is 0 Å². The van der Waals surface area contributed by atoms with E-state index in [1.54, 1.807) is 7.11 Å². The minimum atomic E-state index is 0.517. The molecule has 0 spiro atoms. The van der Waals surface area contributed by atoms with Crippen molar-refractivity contribution in [1.82, 2.24) is 10.2 Å². The Balaban J connectivity index is 2.64. The highest BCUT2D eigenvalue weighted by atomic mass is 16.5. The summed E-state index contributed by atoms with van der Waals surface area (Å²) in [7, 11) is 1.76. The van der Waals surface area contributed by atoms with E-state index in [1.807, 2.05) is 0 Å². The van der Waals surface area contributed by atoms with Gasteiger partial charge in [0.1, 0.15) is 0 Å². The number of nitrogens with one attached hydrogen (secondary N) is 1. The summed E-state index contributed by atoms with van der Waals surface area (Å²) in [4.78, 5) is 2.41. The van der Waals surface area contributed by atoms with Crippen LogP contribution in [-0.4, -0.2) is 37.7 Å². The molecule has 0 unspecified atom stereocenters. The molecule has 0 aliphatic carbocycles. The van der Waals surface area contributed by atoms with Gasteiger partial charge in [-0.15, -0.1) is 0 Å². The summed E-state index contributed by atoms with van der Waals surface area (Å²) in [5.41, 5.74) is 2.81. The molecule has 0 saturated carbocycles. The zero-order valence-corrected chi connectivity index (χ0v) is 12.8. The van der Waals surface area contributed by atoms with Crippen molar-refractivity contribution in [2.24, 2.45) is 0 Å². The number of methoxy groups -OCH3 is 1. The van der Waals surface area contributed by atoms with Gasteiger partial charge in [0.2, 0.25) is 0 Å². The molecule has 108 valence electrons. The van der Waals surface area contributed by atoms with Crippen LogP contribution in [-0.2, 0) is 17.8 Å². The van der Waals surface area contributed by atoms with Crippen molar-refractivity contribution in [3.8, 4) is 0 Å². The van der Waals surface area contributed by atoms with Crippen LogP contribution in [0.4, 0.5) is 0 Å². The van der Waals surface area contributed by atoms with E-state index in [-0.39, 0.29) is 0 Å². The lowest BCUT2D eigenvalue weighted by atomic mass is 10.1. The molecule has 0 heterocycles. The Hall–Kier alpha value is -0.900. The van der Waals surface area contributed by atoms with Crippen LogP contribution in [0.25, 0.3) is 0 Å². The Labute approximate surface area is 118 Å². The Kier molecular flexibility index (Phi) is 7.72. The van der Waals surface area contributed by atoms with E-state index in [4.69, 9.17) is 4.74 Å². The fourth-order valence-electron chi connectivity index (χ4n) is 2.01. The zero-order chi connectivity index (χ0) is 14.1. The molecule has 0 fully saturated rings. The van der Waals surface area contributed by atoms with Crippen molar-refractivity contribution in [2.75, 3.05) is 26.8 Å². The summed E-state index contributed by atoms with van der Waals surface area (Å²) in [6.45, 7) is 11.3. The first-order valence-corrected chi connectivity index (χ1v) is 7.18. The topological polar surface area (TPSA) is 24.5 Å². The smallest absolute Gasteiger partial charge is 0.0589 e. The van der Waals surface area contributed by atoms with Crippen LogP contribution in [0.2, 0.25) is 0 Å². The van der Waals surface area contributed by atoms with Gasteiger partial charge in [0.25, 0.3) is 0 Å². The van der Waals surface area contributed by atoms with Gasteiger partial charge < -0.3 is 10.1 Å². The van der Waals surface area contributed by atoms with E-state index >= 15 is 0 Å². The van der Waals surface area contributed by atoms with Crippen LogP contribution < -0.4 is 5.32 Å². The Morgan fingerprint density at radius 3 is 2.47 bits per heavy atom. The highest BCUT2D eigenvalue weighted by molar-refractivity contribution is 5.27. The van der Waals surface area contributed by atoms with Gasteiger partial charge in [0.05, 0.1) is 6.61 Å². The first-order valence-electron chi connectivity index (χ1n) is 7.18. The van der Waals surface area contributed by atoms with Crippen LogP contribution in [0, 0.1) is 0 Å². The minimum absolute atomic E-state index is 0.517. The number of nitrogens with zero attached hydrogens (tertiary/aromatic N) is 1. The van der Waals surface area contributed by atoms with Crippen LogP contribution in [0.5, 0.6) is 0 Å². The first-order chi connectivity index (χ1) is 9.17. The average Bonchev–Trinajstić information content (AvgIpc) is 2.42. The normalized spacial score (nSPS) is 11.5. The van der Waals surface area contributed by atoms with E-state index in [0.717, 1.165) is 32.8 Å². The molecule has 3 heteroatoms. The lowest BCUT2D eigenvalue weighted by molar-refractivity contribution is 0.147. The van der Waals surface area contributed by atoms with E-state index < -0.39 is 0 Å². The molecule has 0 amide bonds.